The highest BCUT2D eigenvalue weighted by molar-refractivity contribution is 7.89. The maximum Gasteiger partial charge on any atom is 0.244 e. The lowest BCUT2D eigenvalue weighted by Crippen LogP contribution is -2.50. The van der Waals surface area contributed by atoms with E-state index in [1.165, 1.54) is 34.1 Å². The molecule has 1 amide bonds. The molecule has 1 saturated heterocycles. The van der Waals surface area contributed by atoms with E-state index in [4.69, 9.17) is 9.47 Å². The highest BCUT2D eigenvalue weighted by Gasteiger charge is 2.30. The first kappa shape index (κ1) is 23.1. The lowest BCUT2D eigenvalue weighted by Gasteiger charge is -2.33. The van der Waals surface area contributed by atoms with Gasteiger partial charge in [-0.3, -0.25) is 9.78 Å². The monoisotopic (exact) mass is 488 g/mol. The molecule has 1 aliphatic rings. The van der Waals surface area contributed by atoms with E-state index in [9.17, 15) is 13.2 Å². The highest BCUT2D eigenvalue weighted by Crippen LogP contribution is 2.33. The van der Waals surface area contributed by atoms with Crippen LogP contribution >= 0.6 is 11.3 Å². The molecule has 9 nitrogen and oxygen atoms in total. The van der Waals surface area contributed by atoms with Crippen molar-refractivity contribution in [2.24, 2.45) is 0 Å². The Morgan fingerprint density at radius 1 is 1.09 bits per heavy atom. The van der Waals surface area contributed by atoms with Gasteiger partial charge in [-0.25, -0.2) is 13.4 Å². The van der Waals surface area contributed by atoms with Crippen LogP contribution in [0, 0.1) is 0 Å². The predicted octanol–water partition coefficient (Wildman–Crippen LogP) is 2.30. The summed E-state index contributed by atoms with van der Waals surface area (Å²) in [4.78, 5) is 23.1. The molecule has 3 aromatic rings. The number of methoxy groups -OCH3 is 2. The van der Waals surface area contributed by atoms with Crippen molar-refractivity contribution in [1.82, 2.24) is 19.2 Å². The first-order valence-electron chi connectivity index (χ1n) is 10.3. The molecule has 4 rings (SSSR count). The smallest absolute Gasteiger partial charge is 0.244 e. The second-order valence-corrected chi connectivity index (χ2v) is 10.2. The van der Waals surface area contributed by atoms with Gasteiger partial charge in [0.1, 0.15) is 9.90 Å². The van der Waals surface area contributed by atoms with Crippen LogP contribution in [0.5, 0.6) is 11.5 Å². The second kappa shape index (κ2) is 9.86. The van der Waals surface area contributed by atoms with Crippen LogP contribution < -0.4 is 9.47 Å². The van der Waals surface area contributed by atoms with Crippen molar-refractivity contribution in [2.75, 3.05) is 40.4 Å². The van der Waals surface area contributed by atoms with E-state index in [2.05, 4.69) is 9.97 Å². The van der Waals surface area contributed by atoms with Crippen LogP contribution in [0.4, 0.5) is 0 Å². The third-order valence-electron chi connectivity index (χ3n) is 5.38. The third-order valence-corrected chi connectivity index (χ3v) is 8.20. The molecule has 0 atom stereocenters. The van der Waals surface area contributed by atoms with Gasteiger partial charge in [0, 0.05) is 49.5 Å². The summed E-state index contributed by atoms with van der Waals surface area (Å²) in [6.07, 6.45) is 3.04. The maximum absolute atomic E-state index is 12.8. The fourth-order valence-corrected chi connectivity index (χ4v) is 5.79. The van der Waals surface area contributed by atoms with E-state index in [0.29, 0.717) is 30.3 Å². The zero-order chi connectivity index (χ0) is 23.4. The number of hydrogen-bond donors (Lipinski definition) is 0. The first-order chi connectivity index (χ1) is 15.9. The zero-order valence-electron chi connectivity index (χ0n) is 18.3. The predicted molar refractivity (Wildman–Crippen MR) is 124 cm³/mol. The number of aromatic nitrogens is 2. The summed E-state index contributed by atoms with van der Waals surface area (Å²) in [5, 5.41) is 2.65. The van der Waals surface area contributed by atoms with Crippen LogP contribution in [0.25, 0.3) is 10.6 Å². The molecular formula is C22H24N4O5S2. The lowest BCUT2D eigenvalue weighted by molar-refractivity contribution is -0.131. The molecule has 0 radical (unpaired) electrons. The molecule has 2 aromatic heterocycles. The standard InChI is InChI=1S/C22H24N4O5S2/c1-30-19-6-5-16(12-20(19)31-2)22-24-17(15-32-22)13-21(27)25-8-10-26(11-9-25)33(28,29)18-4-3-7-23-14-18/h3-7,12,14-15H,8-11,13H2,1-2H3. The summed E-state index contributed by atoms with van der Waals surface area (Å²) < 4.78 is 37.5. The van der Waals surface area contributed by atoms with Gasteiger partial charge in [-0.2, -0.15) is 4.31 Å². The number of hydrogen-bond acceptors (Lipinski definition) is 8. The molecule has 3 heterocycles. The van der Waals surface area contributed by atoms with E-state index in [1.807, 2.05) is 23.6 Å². The van der Waals surface area contributed by atoms with Gasteiger partial charge in [0.15, 0.2) is 11.5 Å². The van der Waals surface area contributed by atoms with Crippen LogP contribution in [0.15, 0.2) is 53.0 Å². The average Bonchev–Trinajstić information content (AvgIpc) is 3.32. The molecule has 1 fully saturated rings. The number of rotatable bonds is 7. The van der Waals surface area contributed by atoms with Crippen molar-refractivity contribution in [2.45, 2.75) is 11.3 Å². The Balaban J connectivity index is 1.37. The van der Waals surface area contributed by atoms with E-state index in [1.54, 1.807) is 25.2 Å². The zero-order valence-corrected chi connectivity index (χ0v) is 19.9. The van der Waals surface area contributed by atoms with Crippen LogP contribution in [-0.2, 0) is 21.2 Å². The van der Waals surface area contributed by atoms with Crippen molar-refractivity contribution in [3.8, 4) is 22.1 Å². The van der Waals surface area contributed by atoms with Gasteiger partial charge in [0.2, 0.25) is 15.9 Å². The molecular weight excluding hydrogens is 464 g/mol. The first-order valence-corrected chi connectivity index (χ1v) is 12.6. The largest absolute Gasteiger partial charge is 0.493 e. The van der Waals surface area contributed by atoms with Gasteiger partial charge in [0.05, 0.1) is 26.3 Å². The minimum atomic E-state index is -3.61. The van der Waals surface area contributed by atoms with Crippen molar-refractivity contribution >= 4 is 27.3 Å². The highest BCUT2D eigenvalue weighted by atomic mass is 32.2. The number of amides is 1. The van der Waals surface area contributed by atoms with Crippen LogP contribution in [0.1, 0.15) is 5.69 Å². The number of ether oxygens (including phenoxy) is 2. The summed E-state index contributed by atoms with van der Waals surface area (Å²) in [5.41, 5.74) is 1.56. The van der Waals surface area contributed by atoms with Gasteiger partial charge in [-0.1, -0.05) is 0 Å². The molecule has 0 N–H and O–H groups in total. The van der Waals surface area contributed by atoms with E-state index in [0.717, 1.165) is 10.6 Å². The minimum absolute atomic E-state index is 0.0717. The Morgan fingerprint density at radius 2 is 1.85 bits per heavy atom. The van der Waals surface area contributed by atoms with Gasteiger partial charge in [-0.15, -0.1) is 11.3 Å². The molecule has 0 saturated carbocycles. The number of nitrogens with zero attached hydrogens (tertiary/aromatic N) is 4. The minimum Gasteiger partial charge on any atom is -0.493 e. The number of carbonyl (C=O) groups is 1. The van der Waals surface area contributed by atoms with Gasteiger partial charge < -0.3 is 14.4 Å². The fourth-order valence-electron chi connectivity index (χ4n) is 3.58. The summed E-state index contributed by atoms with van der Waals surface area (Å²) >= 11 is 1.45. The van der Waals surface area contributed by atoms with E-state index < -0.39 is 10.0 Å². The third kappa shape index (κ3) is 5.00. The van der Waals surface area contributed by atoms with Crippen molar-refractivity contribution in [3.05, 3.63) is 53.8 Å². The number of piperazine rings is 1. The number of benzene rings is 1. The molecule has 174 valence electrons. The van der Waals surface area contributed by atoms with Crippen LogP contribution in [0.3, 0.4) is 0 Å². The molecule has 33 heavy (non-hydrogen) atoms. The lowest BCUT2D eigenvalue weighted by atomic mass is 10.2. The Hall–Kier alpha value is -3.02. The molecule has 0 unspecified atom stereocenters. The summed E-state index contributed by atoms with van der Waals surface area (Å²) in [6, 6.07) is 8.69. The quantitative estimate of drug-likeness (QED) is 0.503. The van der Waals surface area contributed by atoms with Crippen LogP contribution in [0.2, 0.25) is 0 Å². The van der Waals surface area contributed by atoms with Crippen molar-refractivity contribution in [3.63, 3.8) is 0 Å². The number of thiazole rings is 1. The molecule has 0 bridgehead atoms. The molecule has 1 aromatic carbocycles. The summed E-state index contributed by atoms with van der Waals surface area (Å²) in [7, 11) is -0.444. The Morgan fingerprint density at radius 3 is 2.52 bits per heavy atom. The number of sulfonamides is 1. The van der Waals surface area contributed by atoms with Gasteiger partial charge in [-0.05, 0) is 30.3 Å². The van der Waals surface area contributed by atoms with Crippen molar-refractivity contribution in [1.29, 1.82) is 0 Å². The van der Waals surface area contributed by atoms with Gasteiger partial charge in [0.25, 0.3) is 0 Å². The number of pyridine rings is 1. The normalized spacial score (nSPS) is 14.8. The van der Waals surface area contributed by atoms with E-state index in [-0.39, 0.29) is 30.3 Å². The Kier molecular flexibility index (Phi) is 6.91. The summed E-state index contributed by atoms with van der Waals surface area (Å²) in [5.74, 6) is 1.18. The van der Waals surface area contributed by atoms with E-state index >= 15 is 0 Å². The molecule has 11 heteroatoms. The summed E-state index contributed by atoms with van der Waals surface area (Å²) in [6.45, 7) is 1.17. The maximum atomic E-state index is 12.8. The Bertz CT molecular complexity index is 1220. The van der Waals surface area contributed by atoms with Crippen LogP contribution in [-0.4, -0.2) is 73.9 Å². The molecule has 0 spiro atoms. The Labute approximate surface area is 196 Å². The molecule has 1 aliphatic heterocycles. The number of carbonyl (C=O) groups excluding carboxylic acids is 1. The average molecular weight is 489 g/mol. The van der Waals surface area contributed by atoms with Crippen molar-refractivity contribution < 1.29 is 22.7 Å². The second-order valence-electron chi connectivity index (χ2n) is 7.36. The van der Waals surface area contributed by atoms with Gasteiger partial charge >= 0.3 is 0 Å². The topological polar surface area (TPSA) is 102 Å². The SMILES string of the molecule is COc1ccc(-c2nc(CC(=O)N3CCN(S(=O)(=O)c4cccnc4)CC3)cs2)cc1OC. The molecule has 0 aliphatic carbocycles. The fraction of sp³-hybridized carbons (Fsp3) is 0.318.